The van der Waals surface area contributed by atoms with Gasteiger partial charge in [-0.15, -0.1) is 11.3 Å². The molecule has 1 unspecified atom stereocenters. The molecule has 0 radical (unpaired) electrons. The van der Waals surface area contributed by atoms with Crippen molar-refractivity contribution in [1.82, 2.24) is 10.2 Å². The fourth-order valence-corrected chi connectivity index (χ4v) is 3.28. The summed E-state index contributed by atoms with van der Waals surface area (Å²) in [6.45, 7) is 9.30. The van der Waals surface area contributed by atoms with E-state index in [1.54, 1.807) is 0 Å². The van der Waals surface area contributed by atoms with Crippen LogP contribution in [0.4, 0.5) is 0 Å². The van der Waals surface area contributed by atoms with Crippen LogP contribution in [0.1, 0.15) is 36.1 Å². The van der Waals surface area contributed by atoms with Crippen LogP contribution in [0.15, 0.2) is 12.1 Å². The average Bonchev–Trinajstić information content (AvgIpc) is 2.62. The fraction of sp³-hybridized carbons (Fsp3) is 0.692. The summed E-state index contributed by atoms with van der Waals surface area (Å²) in [5, 5.41) is 3.46. The maximum absolute atomic E-state index is 3.46. The van der Waals surface area contributed by atoms with Crippen LogP contribution in [-0.4, -0.2) is 31.1 Å². The lowest BCUT2D eigenvalue weighted by Crippen LogP contribution is -2.30. The SMILES string of the molecule is CCc1ccc(C(C)N2CCCNCC2)s1. The number of rotatable bonds is 3. The molecule has 90 valence electrons. The molecule has 1 atom stereocenters. The summed E-state index contributed by atoms with van der Waals surface area (Å²) in [5.74, 6) is 0. The summed E-state index contributed by atoms with van der Waals surface area (Å²) < 4.78 is 0. The number of hydrogen-bond donors (Lipinski definition) is 1. The van der Waals surface area contributed by atoms with E-state index < -0.39 is 0 Å². The molecule has 2 heterocycles. The van der Waals surface area contributed by atoms with Crippen LogP contribution < -0.4 is 5.32 Å². The molecular weight excluding hydrogens is 216 g/mol. The fourth-order valence-electron chi connectivity index (χ4n) is 2.24. The molecule has 2 rings (SSSR count). The largest absolute Gasteiger partial charge is 0.315 e. The third kappa shape index (κ3) is 2.84. The molecule has 2 nitrogen and oxygen atoms in total. The Morgan fingerprint density at radius 3 is 3.00 bits per heavy atom. The zero-order valence-corrected chi connectivity index (χ0v) is 11.1. The molecule has 0 spiro atoms. The van der Waals surface area contributed by atoms with E-state index in [1.807, 2.05) is 11.3 Å². The highest BCUT2D eigenvalue weighted by atomic mass is 32.1. The molecule has 1 saturated heterocycles. The Kier molecular flexibility index (Phi) is 4.38. The number of nitrogens with zero attached hydrogens (tertiary/aromatic N) is 1. The molecule has 0 bridgehead atoms. The second kappa shape index (κ2) is 5.80. The first-order valence-electron chi connectivity index (χ1n) is 6.34. The molecule has 16 heavy (non-hydrogen) atoms. The highest BCUT2D eigenvalue weighted by Gasteiger charge is 2.18. The molecule has 3 heteroatoms. The molecule has 1 aliphatic rings. The van der Waals surface area contributed by atoms with Crippen LogP contribution in [0, 0.1) is 0 Å². The van der Waals surface area contributed by atoms with E-state index >= 15 is 0 Å². The van der Waals surface area contributed by atoms with E-state index in [-0.39, 0.29) is 0 Å². The first kappa shape index (κ1) is 12.1. The van der Waals surface area contributed by atoms with Gasteiger partial charge < -0.3 is 5.32 Å². The number of nitrogens with one attached hydrogen (secondary N) is 1. The predicted octanol–water partition coefficient (Wildman–Crippen LogP) is 2.67. The van der Waals surface area contributed by atoms with Gasteiger partial charge in [0.15, 0.2) is 0 Å². The van der Waals surface area contributed by atoms with Crippen LogP contribution in [0.3, 0.4) is 0 Å². The summed E-state index contributed by atoms with van der Waals surface area (Å²) in [5.41, 5.74) is 0. The van der Waals surface area contributed by atoms with Crippen molar-refractivity contribution in [3.63, 3.8) is 0 Å². The smallest absolute Gasteiger partial charge is 0.0413 e. The average molecular weight is 238 g/mol. The van der Waals surface area contributed by atoms with Crippen molar-refractivity contribution in [2.24, 2.45) is 0 Å². The quantitative estimate of drug-likeness (QED) is 0.871. The Labute approximate surface area is 103 Å². The third-order valence-corrected chi connectivity index (χ3v) is 4.76. The first-order valence-corrected chi connectivity index (χ1v) is 7.16. The summed E-state index contributed by atoms with van der Waals surface area (Å²) in [6, 6.07) is 5.18. The van der Waals surface area contributed by atoms with E-state index in [9.17, 15) is 0 Å². The summed E-state index contributed by atoms with van der Waals surface area (Å²) in [7, 11) is 0. The predicted molar refractivity (Wildman–Crippen MR) is 71.2 cm³/mol. The van der Waals surface area contributed by atoms with Crippen molar-refractivity contribution in [3.05, 3.63) is 21.9 Å². The lowest BCUT2D eigenvalue weighted by molar-refractivity contribution is 0.228. The normalized spacial score (nSPS) is 20.6. The van der Waals surface area contributed by atoms with E-state index in [0.29, 0.717) is 6.04 Å². The zero-order chi connectivity index (χ0) is 11.4. The first-order chi connectivity index (χ1) is 7.81. The summed E-state index contributed by atoms with van der Waals surface area (Å²) in [4.78, 5) is 5.64. The second-order valence-electron chi connectivity index (χ2n) is 4.47. The lowest BCUT2D eigenvalue weighted by atomic mass is 10.2. The number of hydrogen-bond acceptors (Lipinski definition) is 3. The van der Waals surface area contributed by atoms with Gasteiger partial charge in [-0.1, -0.05) is 6.92 Å². The van der Waals surface area contributed by atoms with Crippen molar-refractivity contribution >= 4 is 11.3 Å². The Hall–Kier alpha value is -0.380. The van der Waals surface area contributed by atoms with Crippen molar-refractivity contribution in [3.8, 4) is 0 Å². The molecule has 0 saturated carbocycles. The van der Waals surface area contributed by atoms with E-state index in [1.165, 1.54) is 42.2 Å². The molecule has 1 fully saturated rings. The Balaban J connectivity index is 2.01. The van der Waals surface area contributed by atoms with Gasteiger partial charge >= 0.3 is 0 Å². The second-order valence-corrected chi connectivity index (χ2v) is 5.67. The van der Waals surface area contributed by atoms with E-state index in [2.05, 4.69) is 36.2 Å². The monoisotopic (exact) mass is 238 g/mol. The van der Waals surface area contributed by atoms with Gasteiger partial charge in [-0.3, -0.25) is 4.90 Å². The Morgan fingerprint density at radius 2 is 2.25 bits per heavy atom. The minimum atomic E-state index is 0.588. The minimum Gasteiger partial charge on any atom is -0.315 e. The molecule has 1 aliphatic heterocycles. The third-order valence-electron chi connectivity index (χ3n) is 3.37. The van der Waals surface area contributed by atoms with Gasteiger partial charge in [0.2, 0.25) is 0 Å². The lowest BCUT2D eigenvalue weighted by Gasteiger charge is -2.26. The van der Waals surface area contributed by atoms with Gasteiger partial charge in [0, 0.05) is 35.4 Å². The van der Waals surface area contributed by atoms with E-state index in [4.69, 9.17) is 0 Å². The maximum atomic E-state index is 3.46. The van der Waals surface area contributed by atoms with Crippen LogP contribution in [0.25, 0.3) is 0 Å². The van der Waals surface area contributed by atoms with Crippen LogP contribution in [-0.2, 0) is 6.42 Å². The molecular formula is C13H22N2S. The van der Waals surface area contributed by atoms with Gasteiger partial charge in [-0.25, -0.2) is 0 Å². The molecule has 1 aromatic heterocycles. The topological polar surface area (TPSA) is 15.3 Å². The summed E-state index contributed by atoms with van der Waals surface area (Å²) >= 11 is 1.98. The van der Waals surface area contributed by atoms with Crippen LogP contribution in [0.2, 0.25) is 0 Å². The van der Waals surface area contributed by atoms with Gasteiger partial charge in [0.25, 0.3) is 0 Å². The highest BCUT2D eigenvalue weighted by Crippen LogP contribution is 2.28. The molecule has 1 aromatic rings. The van der Waals surface area contributed by atoms with Crippen molar-refractivity contribution in [2.75, 3.05) is 26.2 Å². The standard InChI is InChI=1S/C13H22N2S/c1-3-12-5-6-13(16-12)11(2)15-9-4-7-14-8-10-15/h5-6,11,14H,3-4,7-10H2,1-2H3. The maximum Gasteiger partial charge on any atom is 0.0413 e. The number of thiophene rings is 1. The van der Waals surface area contributed by atoms with Gasteiger partial charge in [-0.2, -0.15) is 0 Å². The minimum absolute atomic E-state index is 0.588. The van der Waals surface area contributed by atoms with Crippen molar-refractivity contribution in [2.45, 2.75) is 32.7 Å². The van der Waals surface area contributed by atoms with Gasteiger partial charge in [0.1, 0.15) is 0 Å². The molecule has 0 amide bonds. The Bertz CT molecular complexity index is 313. The van der Waals surface area contributed by atoms with Crippen LogP contribution in [0.5, 0.6) is 0 Å². The molecule has 1 N–H and O–H groups in total. The highest BCUT2D eigenvalue weighted by molar-refractivity contribution is 7.12. The number of aryl methyl sites for hydroxylation is 1. The van der Waals surface area contributed by atoms with Crippen molar-refractivity contribution in [1.29, 1.82) is 0 Å². The van der Waals surface area contributed by atoms with E-state index in [0.717, 1.165) is 6.54 Å². The van der Waals surface area contributed by atoms with Crippen LogP contribution >= 0.6 is 11.3 Å². The Morgan fingerprint density at radius 1 is 1.38 bits per heavy atom. The van der Waals surface area contributed by atoms with Gasteiger partial charge in [0.05, 0.1) is 0 Å². The molecule has 0 aromatic carbocycles. The van der Waals surface area contributed by atoms with Gasteiger partial charge in [-0.05, 0) is 38.4 Å². The molecule has 0 aliphatic carbocycles. The van der Waals surface area contributed by atoms with Crippen molar-refractivity contribution < 1.29 is 0 Å². The summed E-state index contributed by atoms with van der Waals surface area (Å²) in [6.07, 6.45) is 2.44. The zero-order valence-electron chi connectivity index (χ0n) is 10.3.